The lowest BCUT2D eigenvalue weighted by atomic mass is 9.97. The second kappa shape index (κ2) is 6.33. The van der Waals surface area contributed by atoms with Gasteiger partial charge in [0.25, 0.3) is 0 Å². The monoisotopic (exact) mass is 341 g/mol. The summed E-state index contributed by atoms with van der Waals surface area (Å²) in [5.74, 6) is -0.250. The fourth-order valence-corrected chi connectivity index (χ4v) is 2.52. The van der Waals surface area contributed by atoms with Crippen molar-refractivity contribution in [2.24, 2.45) is 0 Å². The van der Waals surface area contributed by atoms with E-state index >= 15 is 0 Å². The van der Waals surface area contributed by atoms with E-state index in [0.717, 1.165) is 4.47 Å². The van der Waals surface area contributed by atoms with Gasteiger partial charge in [-0.1, -0.05) is 15.9 Å². The van der Waals surface area contributed by atoms with Crippen LogP contribution in [0.3, 0.4) is 0 Å². The summed E-state index contributed by atoms with van der Waals surface area (Å²) >= 11 is 3.32. The first kappa shape index (κ1) is 14.9. The Kier molecular flexibility index (Phi) is 4.73. The van der Waals surface area contributed by atoms with Crippen LogP contribution in [0.5, 0.6) is 5.75 Å². The molecule has 2 nitrogen and oxygen atoms in total. The van der Waals surface area contributed by atoms with Crippen molar-refractivity contribution >= 4 is 15.9 Å². The van der Waals surface area contributed by atoms with Crippen LogP contribution in [-0.4, -0.2) is 14.2 Å². The molecule has 0 spiro atoms. The van der Waals surface area contributed by atoms with Gasteiger partial charge in [0, 0.05) is 15.6 Å². The quantitative estimate of drug-likeness (QED) is 0.905. The number of halogens is 3. The number of benzene rings is 2. The van der Waals surface area contributed by atoms with Gasteiger partial charge in [-0.2, -0.15) is 0 Å². The Morgan fingerprint density at radius 1 is 1.10 bits per heavy atom. The average Bonchev–Trinajstić information content (AvgIpc) is 2.44. The van der Waals surface area contributed by atoms with Crippen LogP contribution in [0, 0.1) is 11.6 Å². The zero-order valence-corrected chi connectivity index (χ0v) is 12.7. The van der Waals surface area contributed by atoms with E-state index in [9.17, 15) is 8.78 Å². The molecule has 1 N–H and O–H groups in total. The molecule has 0 aromatic heterocycles. The van der Waals surface area contributed by atoms with Crippen LogP contribution in [0.15, 0.2) is 40.9 Å². The van der Waals surface area contributed by atoms with Gasteiger partial charge in [0.1, 0.15) is 17.4 Å². The molecule has 5 heteroatoms. The molecule has 0 heterocycles. The maximum absolute atomic E-state index is 14.0. The third-order valence-electron chi connectivity index (χ3n) is 3.06. The summed E-state index contributed by atoms with van der Waals surface area (Å²) < 4.78 is 33.5. The highest BCUT2D eigenvalue weighted by Gasteiger charge is 2.20. The lowest BCUT2D eigenvalue weighted by Crippen LogP contribution is -2.20. The van der Waals surface area contributed by atoms with E-state index in [1.165, 1.54) is 31.4 Å². The van der Waals surface area contributed by atoms with Crippen molar-refractivity contribution in [2.75, 3.05) is 14.2 Å². The Hall–Kier alpha value is -1.46. The summed E-state index contributed by atoms with van der Waals surface area (Å²) in [7, 11) is 3.19. The molecule has 0 amide bonds. The number of methoxy groups -OCH3 is 1. The molecule has 0 aliphatic carbocycles. The summed E-state index contributed by atoms with van der Waals surface area (Å²) in [6.07, 6.45) is 0. The van der Waals surface area contributed by atoms with Gasteiger partial charge in [-0.15, -0.1) is 0 Å². The predicted octanol–water partition coefficient (Wildman–Crippen LogP) is 4.04. The minimum absolute atomic E-state index is 0.362. The van der Waals surface area contributed by atoms with Gasteiger partial charge in [-0.05, 0) is 43.4 Å². The number of ether oxygens (including phenoxy) is 1. The molecule has 0 fully saturated rings. The first-order valence-corrected chi connectivity index (χ1v) is 6.81. The Balaban J connectivity index is 2.57. The van der Waals surface area contributed by atoms with Gasteiger partial charge in [0.15, 0.2) is 0 Å². The SMILES string of the molecule is CNC(c1cc(Br)ccc1F)c1cc(F)ccc1OC. The summed E-state index contributed by atoms with van der Waals surface area (Å²) in [6, 6.07) is 8.35. The van der Waals surface area contributed by atoms with Gasteiger partial charge in [-0.25, -0.2) is 8.78 Å². The number of hydrogen-bond donors (Lipinski definition) is 1. The standard InChI is InChI=1S/C15H14BrF2NO/c1-19-15(11-7-9(16)3-5-13(11)18)12-8-10(17)4-6-14(12)20-2/h3-8,15,19H,1-2H3. The molecule has 1 unspecified atom stereocenters. The van der Waals surface area contributed by atoms with Crippen LogP contribution < -0.4 is 10.1 Å². The van der Waals surface area contributed by atoms with Crippen LogP contribution in [0.1, 0.15) is 17.2 Å². The van der Waals surface area contributed by atoms with E-state index in [-0.39, 0.29) is 5.82 Å². The van der Waals surface area contributed by atoms with Crippen molar-refractivity contribution < 1.29 is 13.5 Å². The van der Waals surface area contributed by atoms with Crippen LogP contribution in [-0.2, 0) is 0 Å². The third kappa shape index (κ3) is 2.99. The lowest BCUT2D eigenvalue weighted by Gasteiger charge is -2.20. The third-order valence-corrected chi connectivity index (χ3v) is 3.55. The zero-order valence-electron chi connectivity index (χ0n) is 11.1. The minimum atomic E-state index is -0.502. The van der Waals surface area contributed by atoms with Gasteiger partial charge in [-0.3, -0.25) is 0 Å². The molecule has 2 aromatic rings. The molecule has 0 aliphatic rings. The van der Waals surface area contributed by atoms with Crippen molar-refractivity contribution in [1.82, 2.24) is 5.32 Å². The molecule has 20 heavy (non-hydrogen) atoms. The lowest BCUT2D eigenvalue weighted by molar-refractivity contribution is 0.403. The molecule has 0 saturated heterocycles. The smallest absolute Gasteiger partial charge is 0.128 e. The van der Waals surface area contributed by atoms with E-state index in [4.69, 9.17) is 4.74 Å². The second-order valence-corrected chi connectivity index (χ2v) is 5.19. The summed E-state index contributed by atoms with van der Waals surface area (Å²) in [6.45, 7) is 0. The van der Waals surface area contributed by atoms with E-state index < -0.39 is 11.9 Å². The fraction of sp³-hybridized carbons (Fsp3) is 0.200. The highest BCUT2D eigenvalue weighted by molar-refractivity contribution is 9.10. The molecule has 2 aromatic carbocycles. The molecular formula is C15H14BrF2NO. The molecular weight excluding hydrogens is 328 g/mol. The van der Waals surface area contributed by atoms with Crippen molar-refractivity contribution in [3.8, 4) is 5.75 Å². The van der Waals surface area contributed by atoms with Crippen molar-refractivity contribution in [3.05, 3.63) is 63.6 Å². The van der Waals surface area contributed by atoms with Crippen LogP contribution in [0.2, 0.25) is 0 Å². The number of nitrogens with one attached hydrogen (secondary N) is 1. The zero-order chi connectivity index (χ0) is 14.7. The molecule has 0 bridgehead atoms. The topological polar surface area (TPSA) is 21.3 Å². The summed E-state index contributed by atoms with van der Waals surface area (Å²) in [5, 5.41) is 3.00. The Labute approximate surface area is 124 Å². The van der Waals surface area contributed by atoms with Gasteiger partial charge in [0.05, 0.1) is 13.2 Å². The predicted molar refractivity (Wildman–Crippen MR) is 78.0 cm³/mol. The molecule has 0 aliphatic heterocycles. The number of rotatable bonds is 4. The first-order valence-electron chi connectivity index (χ1n) is 6.02. The van der Waals surface area contributed by atoms with E-state index in [1.807, 2.05) is 0 Å². The van der Waals surface area contributed by atoms with Gasteiger partial charge >= 0.3 is 0 Å². The van der Waals surface area contributed by atoms with Crippen molar-refractivity contribution in [2.45, 2.75) is 6.04 Å². The second-order valence-electron chi connectivity index (χ2n) is 4.27. The summed E-state index contributed by atoms with van der Waals surface area (Å²) in [4.78, 5) is 0. The van der Waals surface area contributed by atoms with Gasteiger partial charge in [0.2, 0.25) is 0 Å². The van der Waals surface area contributed by atoms with E-state index in [2.05, 4.69) is 21.2 Å². The Bertz CT molecular complexity index is 619. The Morgan fingerprint density at radius 2 is 1.85 bits per heavy atom. The van der Waals surface area contributed by atoms with Crippen LogP contribution >= 0.6 is 15.9 Å². The fourth-order valence-electron chi connectivity index (χ4n) is 2.15. The maximum Gasteiger partial charge on any atom is 0.128 e. The number of hydrogen-bond acceptors (Lipinski definition) is 2. The van der Waals surface area contributed by atoms with Gasteiger partial charge < -0.3 is 10.1 Å². The average molecular weight is 342 g/mol. The van der Waals surface area contributed by atoms with Crippen LogP contribution in [0.4, 0.5) is 8.78 Å². The minimum Gasteiger partial charge on any atom is -0.496 e. The largest absolute Gasteiger partial charge is 0.496 e. The van der Waals surface area contributed by atoms with Crippen molar-refractivity contribution in [3.63, 3.8) is 0 Å². The highest BCUT2D eigenvalue weighted by Crippen LogP contribution is 2.32. The molecule has 106 valence electrons. The van der Waals surface area contributed by atoms with E-state index in [1.54, 1.807) is 19.2 Å². The molecule has 0 saturated carbocycles. The molecule has 1 atom stereocenters. The van der Waals surface area contributed by atoms with Crippen molar-refractivity contribution in [1.29, 1.82) is 0 Å². The maximum atomic E-state index is 14.0. The first-order chi connectivity index (χ1) is 9.56. The Morgan fingerprint density at radius 3 is 2.50 bits per heavy atom. The van der Waals surface area contributed by atoms with E-state index in [0.29, 0.717) is 16.9 Å². The highest BCUT2D eigenvalue weighted by atomic mass is 79.9. The molecule has 2 rings (SSSR count). The summed E-state index contributed by atoms with van der Waals surface area (Å²) in [5.41, 5.74) is 0.970. The normalized spacial score (nSPS) is 12.2. The van der Waals surface area contributed by atoms with Crippen LogP contribution in [0.25, 0.3) is 0 Å². The molecule has 0 radical (unpaired) electrons.